The maximum absolute atomic E-state index is 9.21. The molecule has 1 saturated heterocycles. The zero-order chi connectivity index (χ0) is 10.7. The van der Waals surface area contributed by atoms with Crippen LogP contribution in [0.4, 0.5) is 0 Å². The van der Waals surface area contributed by atoms with Crippen molar-refractivity contribution in [3.8, 4) is 6.07 Å². The topological polar surface area (TPSA) is 39.9 Å². The molecule has 0 saturated carbocycles. The second kappa shape index (κ2) is 4.73. The smallest absolute Gasteiger partial charge is 0.141 e. The molecule has 1 aromatic rings. The number of piperidine rings is 1. The fourth-order valence-corrected chi connectivity index (χ4v) is 2.65. The van der Waals surface area contributed by atoms with E-state index in [4.69, 9.17) is 0 Å². The Hall–Kier alpha value is -0.920. The van der Waals surface area contributed by atoms with E-state index in [0.717, 1.165) is 23.8 Å². The van der Waals surface area contributed by atoms with Gasteiger partial charge in [-0.25, -0.2) is 4.98 Å². The Balaban J connectivity index is 2.13. The highest BCUT2D eigenvalue weighted by Crippen LogP contribution is 2.24. The third-order valence-corrected chi connectivity index (χ3v) is 3.59. The number of rotatable bonds is 2. The lowest BCUT2D eigenvalue weighted by atomic mass is 10.1. The Labute approximate surface area is 94.4 Å². The fraction of sp³-hybridized carbons (Fsp3) is 0.636. The minimum Gasteiger partial charge on any atom is -0.283 e. The van der Waals surface area contributed by atoms with E-state index in [2.05, 4.69) is 16.0 Å². The molecule has 3 nitrogen and oxygen atoms in total. The van der Waals surface area contributed by atoms with Gasteiger partial charge in [-0.3, -0.25) is 4.90 Å². The second-order valence-corrected chi connectivity index (χ2v) is 4.98. The van der Waals surface area contributed by atoms with Gasteiger partial charge < -0.3 is 0 Å². The average molecular weight is 221 g/mol. The second-order valence-electron chi connectivity index (χ2n) is 3.92. The number of hydrogen-bond donors (Lipinski definition) is 0. The van der Waals surface area contributed by atoms with E-state index in [1.165, 1.54) is 19.3 Å². The van der Waals surface area contributed by atoms with Crippen LogP contribution in [-0.4, -0.2) is 23.0 Å². The van der Waals surface area contributed by atoms with E-state index in [0.29, 0.717) is 0 Å². The molecule has 1 unspecified atom stereocenters. The Bertz CT molecular complexity index is 360. The lowest BCUT2D eigenvalue weighted by Crippen LogP contribution is -2.33. The lowest BCUT2D eigenvalue weighted by molar-refractivity contribution is 0.194. The SMILES string of the molecule is Cc1nc(C(C#N)N2CCCCC2)cs1. The van der Waals surface area contributed by atoms with Crippen molar-refractivity contribution in [1.29, 1.82) is 5.26 Å². The highest BCUT2D eigenvalue weighted by molar-refractivity contribution is 7.09. The number of hydrogen-bond acceptors (Lipinski definition) is 4. The van der Waals surface area contributed by atoms with Gasteiger partial charge in [0.25, 0.3) is 0 Å². The van der Waals surface area contributed by atoms with Crippen molar-refractivity contribution in [3.05, 3.63) is 16.1 Å². The molecule has 1 aromatic heterocycles. The minimum atomic E-state index is -0.129. The monoisotopic (exact) mass is 221 g/mol. The Morgan fingerprint density at radius 2 is 2.20 bits per heavy atom. The van der Waals surface area contributed by atoms with Crippen molar-refractivity contribution in [1.82, 2.24) is 9.88 Å². The summed E-state index contributed by atoms with van der Waals surface area (Å²) in [7, 11) is 0. The average Bonchev–Trinajstić information content (AvgIpc) is 2.68. The number of nitrogens with zero attached hydrogens (tertiary/aromatic N) is 3. The predicted octanol–water partition coefficient (Wildman–Crippen LogP) is 2.50. The number of thiazole rings is 1. The summed E-state index contributed by atoms with van der Waals surface area (Å²) < 4.78 is 0. The van der Waals surface area contributed by atoms with Gasteiger partial charge in [0.2, 0.25) is 0 Å². The number of nitriles is 1. The third kappa shape index (κ3) is 2.36. The first-order chi connectivity index (χ1) is 7.31. The van der Waals surface area contributed by atoms with Gasteiger partial charge in [0.15, 0.2) is 0 Å². The molecule has 1 aliphatic rings. The van der Waals surface area contributed by atoms with Crippen LogP contribution in [-0.2, 0) is 0 Å². The molecule has 0 radical (unpaired) electrons. The summed E-state index contributed by atoms with van der Waals surface area (Å²) in [6, 6.07) is 2.24. The van der Waals surface area contributed by atoms with Crippen LogP contribution in [0.25, 0.3) is 0 Å². The summed E-state index contributed by atoms with van der Waals surface area (Å²) in [5.41, 5.74) is 0.932. The van der Waals surface area contributed by atoms with Crippen LogP contribution in [0.5, 0.6) is 0 Å². The maximum Gasteiger partial charge on any atom is 0.141 e. The molecule has 1 atom stereocenters. The summed E-state index contributed by atoms with van der Waals surface area (Å²) in [6.07, 6.45) is 3.72. The molecule has 4 heteroatoms. The molecule has 15 heavy (non-hydrogen) atoms. The van der Waals surface area contributed by atoms with E-state index < -0.39 is 0 Å². The summed E-state index contributed by atoms with van der Waals surface area (Å²) in [5.74, 6) is 0. The quantitative estimate of drug-likeness (QED) is 0.770. The van der Waals surface area contributed by atoms with Gasteiger partial charge in [-0.1, -0.05) is 6.42 Å². The Kier molecular flexibility index (Phi) is 3.34. The highest BCUT2D eigenvalue weighted by atomic mass is 32.1. The van der Waals surface area contributed by atoms with Gasteiger partial charge in [0.1, 0.15) is 6.04 Å². The van der Waals surface area contributed by atoms with Crippen LogP contribution in [0.1, 0.15) is 36.0 Å². The largest absolute Gasteiger partial charge is 0.283 e. The van der Waals surface area contributed by atoms with Gasteiger partial charge in [0, 0.05) is 5.38 Å². The van der Waals surface area contributed by atoms with Crippen LogP contribution in [0, 0.1) is 18.3 Å². The molecule has 0 spiro atoms. The molecule has 0 N–H and O–H groups in total. The minimum absolute atomic E-state index is 0.129. The maximum atomic E-state index is 9.21. The predicted molar refractivity (Wildman–Crippen MR) is 60.6 cm³/mol. The molecule has 2 heterocycles. The van der Waals surface area contributed by atoms with Crippen LogP contribution < -0.4 is 0 Å². The molecule has 0 aromatic carbocycles. The van der Waals surface area contributed by atoms with E-state index in [1.54, 1.807) is 11.3 Å². The van der Waals surface area contributed by atoms with Crippen LogP contribution in [0.3, 0.4) is 0 Å². The van der Waals surface area contributed by atoms with Crippen molar-refractivity contribution in [2.24, 2.45) is 0 Å². The van der Waals surface area contributed by atoms with Crippen molar-refractivity contribution in [3.63, 3.8) is 0 Å². The fourth-order valence-electron chi connectivity index (χ4n) is 2.02. The highest BCUT2D eigenvalue weighted by Gasteiger charge is 2.23. The molecule has 1 fully saturated rings. The first-order valence-electron chi connectivity index (χ1n) is 5.37. The normalized spacial score (nSPS) is 19.7. The van der Waals surface area contributed by atoms with Crippen molar-refractivity contribution < 1.29 is 0 Å². The molecule has 1 aliphatic heterocycles. The summed E-state index contributed by atoms with van der Waals surface area (Å²) in [5, 5.41) is 12.3. The molecule has 80 valence electrons. The van der Waals surface area contributed by atoms with Crippen LogP contribution in [0.15, 0.2) is 5.38 Å². The lowest BCUT2D eigenvalue weighted by Gasteiger charge is -2.29. The summed E-state index contributed by atoms with van der Waals surface area (Å²) in [6.45, 7) is 4.06. The number of aromatic nitrogens is 1. The summed E-state index contributed by atoms with van der Waals surface area (Å²) in [4.78, 5) is 6.66. The van der Waals surface area contributed by atoms with Crippen molar-refractivity contribution >= 4 is 11.3 Å². The van der Waals surface area contributed by atoms with Gasteiger partial charge in [-0.15, -0.1) is 11.3 Å². The zero-order valence-electron chi connectivity index (χ0n) is 8.94. The van der Waals surface area contributed by atoms with Crippen LogP contribution >= 0.6 is 11.3 Å². The van der Waals surface area contributed by atoms with Crippen LogP contribution in [0.2, 0.25) is 0 Å². The molecule has 0 amide bonds. The standard InChI is InChI=1S/C11H15N3S/c1-9-13-10(8-15-9)11(7-12)14-5-3-2-4-6-14/h8,11H,2-6H2,1H3. The van der Waals surface area contributed by atoms with Gasteiger partial charge >= 0.3 is 0 Å². The van der Waals surface area contributed by atoms with E-state index in [-0.39, 0.29) is 6.04 Å². The molecule has 0 bridgehead atoms. The number of aryl methyl sites for hydroxylation is 1. The first-order valence-corrected chi connectivity index (χ1v) is 6.25. The molecule has 0 aliphatic carbocycles. The Morgan fingerprint density at radius 3 is 2.73 bits per heavy atom. The molecule has 2 rings (SSSR count). The number of likely N-dealkylation sites (tertiary alicyclic amines) is 1. The Morgan fingerprint density at radius 1 is 1.47 bits per heavy atom. The van der Waals surface area contributed by atoms with Gasteiger partial charge in [-0.2, -0.15) is 5.26 Å². The molecular formula is C11H15N3S. The van der Waals surface area contributed by atoms with E-state index in [1.807, 2.05) is 12.3 Å². The zero-order valence-corrected chi connectivity index (χ0v) is 9.76. The molecular weight excluding hydrogens is 206 g/mol. The van der Waals surface area contributed by atoms with Crippen molar-refractivity contribution in [2.45, 2.75) is 32.2 Å². The third-order valence-electron chi connectivity index (χ3n) is 2.80. The van der Waals surface area contributed by atoms with E-state index in [9.17, 15) is 5.26 Å². The van der Waals surface area contributed by atoms with E-state index >= 15 is 0 Å². The summed E-state index contributed by atoms with van der Waals surface area (Å²) >= 11 is 1.62. The first kappa shape index (κ1) is 10.6. The van der Waals surface area contributed by atoms with Gasteiger partial charge in [-0.05, 0) is 32.9 Å². The van der Waals surface area contributed by atoms with Gasteiger partial charge in [0.05, 0.1) is 16.8 Å². The van der Waals surface area contributed by atoms with Crippen molar-refractivity contribution in [2.75, 3.05) is 13.1 Å².